The Morgan fingerprint density at radius 1 is 1.36 bits per heavy atom. The molecule has 0 atom stereocenters. The molecule has 1 aromatic rings. The summed E-state index contributed by atoms with van der Waals surface area (Å²) in [7, 11) is 0. The van der Waals surface area contributed by atoms with E-state index in [-0.39, 0.29) is 0 Å². The van der Waals surface area contributed by atoms with Gasteiger partial charge < -0.3 is 5.32 Å². The SMILES string of the molecule is CCc1sc(C2CNC2)nc1C1CC1. The summed E-state index contributed by atoms with van der Waals surface area (Å²) >= 11 is 1.96. The maximum absolute atomic E-state index is 4.84. The van der Waals surface area contributed by atoms with Gasteiger partial charge in [-0.25, -0.2) is 4.98 Å². The van der Waals surface area contributed by atoms with Crippen LogP contribution in [-0.4, -0.2) is 18.1 Å². The number of thiazole rings is 1. The van der Waals surface area contributed by atoms with Crippen molar-refractivity contribution in [2.24, 2.45) is 0 Å². The van der Waals surface area contributed by atoms with Crippen LogP contribution in [0, 0.1) is 0 Å². The van der Waals surface area contributed by atoms with Crippen molar-refractivity contribution < 1.29 is 0 Å². The van der Waals surface area contributed by atoms with Crippen LogP contribution in [0.15, 0.2) is 0 Å². The molecule has 0 radical (unpaired) electrons. The number of hydrogen-bond acceptors (Lipinski definition) is 3. The molecule has 2 heterocycles. The fourth-order valence-electron chi connectivity index (χ4n) is 1.95. The van der Waals surface area contributed by atoms with Crippen molar-refractivity contribution in [1.29, 1.82) is 0 Å². The number of nitrogens with one attached hydrogen (secondary N) is 1. The van der Waals surface area contributed by atoms with Crippen LogP contribution >= 0.6 is 11.3 Å². The van der Waals surface area contributed by atoms with Gasteiger partial charge in [-0.15, -0.1) is 11.3 Å². The Morgan fingerprint density at radius 2 is 2.14 bits per heavy atom. The first kappa shape index (κ1) is 8.86. The van der Waals surface area contributed by atoms with Gasteiger partial charge in [-0.05, 0) is 19.3 Å². The van der Waals surface area contributed by atoms with E-state index < -0.39 is 0 Å². The number of rotatable bonds is 3. The molecule has 1 N–H and O–H groups in total. The smallest absolute Gasteiger partial charge is 0.0987 e. The van der Waals surface area contributed by atoms with Gasteiger partial charge >= 0.3 is 0 Å². The number of aromatic nitrogens is 1. The minimum absolute atomic E-state index is 0.720. The fraction of sp³-hybridized carbons (Fsp3) is 0.727. The van der Waals surface area contributed by atoms with Gasteiger partial charge in [-0.2, -0.15) is 0 Å². The largest absolute Gasteiger partial charge is 0.315 e. The maximum atomic E-state index is 4.84. The van der Waals surface area contributed by atoms with Gasteiger partial charge in [0.1, 0.15) is 0 Å². The summed E-state index contributed by atoms with van der Waals surface area (Å²) in [6.07, 6.45) is 3.92. The van der Waals surface area contributed by atoms with Gasteiger partial charge in [0.2, 0.25) is 0 Å². The molecule has 14 heavy (non-hydrogen) atoms. The summed E-state index contributed by atoms with van der Waals surface area (Å²) in [4.78, 5) is 6.39. The second-order valence-electron chi connectivity index (χ2n) is 4.34. The average molecular weight is 208 g/mol. The second kappa shape index (κ2) is 3.31. The zero-order chi connectivity index (χ0) is 9.54. The van der Waals surface area contributed by atoms with Crippen molar-refractivity contribution in [2.45, 2.75) is 38.0 Å². The van der Waals surface area contributed by atoms with E-state index in [9.17, 15) is 0 Å². The van der Waals surface area contributed by atoms with Crippen molar-refractivity contribution in [3.05, 3.63) is 15.6 Å². The lowest BCUT2D eigenvalue weighted by Gasteiger charge is -2.24. The number of nitrogens with zero attached hydrogens (tertiary/aromatic N) is 1. The lowest BCUT2D eigenvalue weighted by atomic mass is 10.1. The van der Waals surface area contributed by atoms with Crippen molar-refractivity contribution in [3.8, 4) is 0 Å². The predicted octanol–water partition coefficient (Wildman–Crippen LogP) is 2.27. The maximum Gasteiger partial charge on any atom is 0.0987 e. The molecule has 1 aliphatic heterocycles. The van der Waals surface area contributed by atoms with Crippen LogP contribution < -0.4 is 5.32 Å². The third kappa shape index (κ3) is 1.39. The average Bonchev–Trinajstić information content (AvgIpc) is 2.85. The third-order valence-corrected chi connectivity index (χ3v) is 4.54. The van der Waals surface area contributed by atoms with E-state index in [1.54, 1.807) is 4.88 Å². The Morgan fingerprint density at radius 3 is 2.64 bits per heavy atom. The van der Waals surface area contributed by atoms with Crippen LogP contribution in [0.25, 0.3) is 0 Å². The Balaban J connectivity index is 1.89. The molecule has 0 amide bonds. The second-order valence-corrected chi connectivity index (χ2v) is 5.46. The zero-order valence-corrected chi connectivity index (χ0v) is 9.36. The van der Waals surface area contributed by atoms with E-state index in [0.717, 1.165) is 24.9 Å². The number of hydrogen-bond donors (Lipinski definition) is 1. The van der Waals surface area contributed by atoms with Crippen LogP contribution in [0.1, 0.15) is 47.2 Å². The summed E-state index contributed by atoms with van der Waals surface area (Å²) in [5, 5.41) is 4.71. The first-order valence-corrected chi connectivity index (χ1v) is 6.40. The van der Waals surface area contributed by atoms with Gasteiger partial charge in [0, 0.05) is 29.8 Å². The van der Waals surface area contributed by atoms with Gasteiger partial charge in [0.15, 0.2) is 0 Å². The van der Waals surface area contributed by atoms with E-state index in [2.05, 4.69) is 12.2 Å². The highest BCUT2D eigenvalue weighted by molar-refractivity contribution is 7.11. The van der Waals surface area contributed by atoms with Crippen LogP contribution in [-0.2, 0) is 6.42 Å². The minimum atomic E-state index is 0.720. The molecule has 0 aromatic carbocycles. The molecule has 1 saturated heterocycles. The number of aryl methyl sites for hydroxylation is 1. The lowest BCUT2D eigenvalue weighted by molar-refractivity contribution is 0.446. The monoisotopic (exact) mass is 208 g/mol. The molecule has 1 saturated carbocycles. The molecule has 1 aliphatic carbocycles. The van der Waals surface area contributed by atoms with Gasteiger partial charge in [0.25, 0.3) is 0 Å². The lowest BCUT2D eigenvalue weighted by Crippen LogP contribution is -2.39. The van der Waals surface area contributed by atoms with Crippen molar-refractivity contribution in [2.75, 3.05) is 13.1 Å². The molecule has 2 fully saturated rings. The Hall–Kier alpha value is -0.410. The van der Waals surface area contributed by atoms with E-state index >= 15 is 0 Å². The molecule has 3 heteroatoms. The quantitative estimate of drug-likeness (QED) is 0.824. The molecule has 76 valence electrons. The summed E-state index contributed by atoms with van der Waals surface area (Å²) in [5.74, 6) is 1.54. The summed E-state index contributed by atoms with van der Waals surface area (Å²) in [6.45, 7) is 4.53. The highest BCUT2D eigenvalue weighted by Crippen LogP contribution is 2.43. The molecule has 2 aliphatic rings. The van der Waals surface area contributed by atoms with E-state index in [1.165, 1.54) is 30.0 Å². The molecule has 3 rings (SSSR count). The first-order chi connectivity index (χ1) is 6.88. The van der Waals surface area contributed by atoms with Crippen LogP contribution in [0.2, 0.25) is 0 Å². The summed E-state index contributed by atoms with van der Waals surface area (Å²) in [5.41, 5.74) is 1.44. The van der Waals surface area contributed by atoms with Crippen LogP contribution in [0.3, 0.4) is 0 Å². The van der Waals surface area contributed by atoms with E-state index in [1.807, 2.05) is 11.3 Å². The van der Waals surface area contributed by atoms with E-state index in [4.69, 9.17) is 4.98 Å². The van der Waals surface area contributed by atoms with Crippen molar-refractivity contribution in [3.63, 3.8) is 0 Å². The Labute approximate surface area is 88.7 Å². The van der Waals surface area contributed by atoms with Gasteiger partial charge in [-0.1, -0.05) is 6.92 Å². The normalized spacial score (nSPS) is 22.4. The highest BCUT2D eigenvalue weighted by Gasteiger charge is 2.31. The molecule has 1 aromatic heterocycles. The Bertz CT molecular complexity index is 337. The van der Waals surface area contributed by atoms with Gasteiger partial charge in [0.05, 0.1) is 10.7 Å². The van der Waals surface area contributed by atoms with Crippen LogP contribution in [0.4, 0.5) is 0 Å². The molecular formula is C11H16N2S. The first-order valence-electron chi connectivity index (χ1n) is 5.58. The van der Waals surface area contributed by atoms with Crippen LogP contribution in [0.5, 0.6) is 0 Å². The molecular weight excluding hydrogens is 192 g/mol. The minimum Gasteiger partial charge on any atom is -0.315 e. The summed E-state index contributed by atoms with van der Waals surface area (Å²) in [6, 6.07) is 0. The molecule has 0 unspecified atom stereocenters. The van der Waals surface area contributed by atoms with E-state index in [0.29, 0.717) is 0 Å². The highest BCUT2D eigenvalue weighted by atomic mass is 32.1. The fourth-order valence-corrected chi connectivity index (χ4v) is 3.14. The molecule has 0 spiro atoms. The summed E-state index contributed by atoms with van der Waals surface area (Å²) < 4.78 is 0. The zero-order valence-electron chi connectivity index (χ0n) is 8.55. The predicted molar refractivity (Wildman–Crippen MR) is 59.1 cm³/mol. The Kier molecular flexibility index (Phi) is 2.10. The third-order valence-electron chi connectivity index (χ3n) is 3.16. The molecule has 2 nitrogen and oxygen atoms in total. The topological polar surface area (TPSA) is 24.9 Å². The standard InChI is InChI=1S/C11H16N2S/c1-2-9-10(7-3-4-7)13-11(14-9)8-5-12-6-8/h7-8,12H,2-6H2,1H3. The van der Waals surface area contributed by atoms with Crippen molar-refractivity contribution in [1.82, 2.24) is 10.3 Å². The molecule has 0 bridgehead atoms. The van der Waals surface area contributed by atoms with Crippen molar-refractivity contribution >= 4 is 11.3 Å². The van der Waals surface area contributed by atoms with Gasteiger partial charge in [-0.3, -0.25) is 0 Å².